The summed E-state index contributed by atoms with van der Waals surface area (Å²) in [6, 6.07) is 10.9. The predicted octanol–water partition coefficient (Wildman–Crippen LogP) is 3.70. The van der Waals surface area contributed by atoms with Gasteiger partial charge in [0.2, 0.25) is 0 Å². The summed E-state index contributed by atoms with van der Waals surface area (Å²) in [5, 5.41) is 12.6. The molecule has 1 fully saturated rings. The summed E-state index contributed by atoms with van der Waals surface area (Å²) in [5.41, 5.74) is 10.3. The van der Waals surface area contributed by atoms with Crippen molar-refractivity contribution in [3.63, 3.8) is 0 Å². The molecule has 1 aromatic carbocycles. The molecule has 6 rings (SSSR count). The molecule has 1 amide bonds. The number of hydrogen-bond acceptors (Lipinski definition) is 6. The van der Waals surface area contributed by atoms with Gasteiger partial charge in [0, 0.05) is 30.1 Å². The van der Waals surface area contributed by atoms with Gasteiger partial charge < -0.3 is 16.0 Å². The number of piperidine rings is 1. The quantitative estimate of drug-likeness (QED) is 0.712. The van der Waals surface area contributed by atoms with E-state index in [4.69, 9.17) is 16.0 Å². The number of nitriles is 1. The van der Waals surface area contributed by atoms with Crippen LogP contribution in [0.5, 0.6) is 0 Å². The van der Waals surface area contributed by atoms with Crippen LogP contribution in [0.15, 0.2) is 30.3 Å². The van der Waals surface area contributed by atoms with Crippen LogP contribution < -0.4 is 16.0 Å². The molecule has 3 aliphatic rings. The van der Waals surface area contributed by atoms with E-state index < -0.39 is 0 Å². The van der Waals surface area contributed by atoms with Crippen LogP contribution in [-0.4, -0.2) is 24.0 Å². The fraction of sp³-hybridized carbons (Fsp3) is 0.250. The van der Waals surface area contributed by atoms with Crippen molar-refractivity contribution in [2.75, 3.05) is 29.0 Å². The van der Waals surface area contributed by atoms with Crippen LogP contribution in [0.25, 0.3) is 10.2 Å². The molecule has 5 heterocycles. The molecule has 1 saturated heterocycles. The Morgan fingerprint density at radius 3 is 2.74 bits per heavy atom. The van der Waals surface area contributed by atoms with E-state index in [2.05, 4.69) is 22.4 Å². The molecule has 134 valence electrons. The van der Waals surface area contributed by atoms with E-state index in [1.54, 1.807) is 24.3 Å². The number of nitrogens with one attached hydrogen (secondary N) is 1. The lowest BCUT2D eigenvalue weighted by atomic mass is 9.86. The van der Waals surface area contributed by atoms with Crippen molar-refractivity contribution in [3.8, 4) is 6.07 Å². The Labute approximate surface area is 160 Å². The van der Waals surface area contributed by atoms with Gasteiger partial charge in [-0.25, -0.2) is 4.98 Å². The van der Waals surface area contributed by atoms with Crippen molar-refractivity contribution in [1.29, 1.82) is 5.26 Å². The zero-order valence-corrected chi connectivity index (χ0v) is 15.3. The number of nitrogen functional groups attached to an aromatic ring is 1. The van der Waals surface area contributed by atoms with E-state index >= 15 is 0 Å². The summed E-state index contributed by atoms with van der Waals surface area (Å²) in [6.45, 7) is 2.14. The van der Waals surface area contributed by atoms with Crippen molar-refractivity contribution in [2.24, 2.45) is 0 Å². The second-order valence-corrected chi connectivity index (χ2v) is 7.99. The minimum atomic E-state index is -0.249. The monoisotopic (exact) mass is 375 g/mol. The maximum atomic E-state index is 12.7. The Balaban J connectivity index is 1.51. The predicted molar refractivity (Wildman–Crippen MR) is 107 cm³/mol. The normalized spacial score (nSPS) is 15.6. The van der Waals surface area contributed by atoms with E-state index in [1.165, 1.54) is 17.0 Å². The minimum absolute atomic E-state index is 0.249. The molecule has 0 unspecified atom stereocenters. The van der Waals surface area contributed by atoms with Gasteiger partial charge in [-0.1, -0.05) is 0 Å². The first-order valence-electron chi connectivity index (χ1n) is 8.93. The maximum Gasteiger partial charge on any atom is 0.267 e. The van der Waals surface area contributed by atoms with E-state index in [-0.39, 0.29) is 5.91 Å². The number of anilines is 3. The van der Waals surface area contributed by atoms with E-state index in [0.29, 0.717) is 27.7 Å². The summed E-state index contributed by atoms with van der Waals surface area (Å²) in [7, 11) is 0. The third kappa shape index (κ3) is 2.53. The molecule has 0 spiro atoms. The van der Waals surface area contributed by atoms with Gasteiger partial charge in [0.15, 0.2) is 0 Å². The first-order chi connectivity index (χ1) is 13.1. The SMILES string of the molecule is N#Cc1ccc(NC(=O)c2sc3nc4c(cc3c2N)N2CCC4CC2)cc1. The fourth-order valence-corrected chi connectivity index (χ4v) is 4.96. The number of thiophene rings is 1. The molecule has 3 N–H and O–H groups in total. The van der Waals surface area contributed by atoms with Gasteiger partial charge in [0.05, 0.1) is 28.7 Å². The molecule has 0 aliphatic carbocycles. The molecule has 0 radical (unpaired) electrons. The largest absolute Gasteiger partial charge is 0.397 e. The molecule has 3 aromatic rings. The molecule has 2 aromatic heterocycles. The Morgan fingerprint density at radius 1 is 1.30 bits per heavy atom. The number of aromatic nitrogens is 1. The highest BCUT2D eigenvalue weighted by Crippen LogP contribution is 2.45. The Bertz CT molecular complexity index is 1100. The second kappa shape index (κ2) is 5.96. The number of rotatable bonds is 2. The first kappa shape index (κ1) is 16.1. The zero-order valence-electron chi connectivity index (χ0n) is 14.5. The van der Waals surface area contributed by atoms with Crippen LogP contribution in [0.4, 0.5) is 17.1 Å². The van der Waals surface area contributed by atoms with E-state index in [9.17, 15) is 4.79 Å². The average Bonchev–Trinajstić information content (AvgIpc) is 3.04. The smallest absolute Gasteiger partial charge is 0.267 e. The van der Waals surface area contributed by atoms with Crippen molar-refractivity contribution in [2.45, 2.75) is 18.8 Å². The first-order valence-corrected chi connectivity index (χ1v) is 9.75. The number of pyridine rings is 1. The number of amides is 1. The standard InChI is InChI=1S/C20H17N5OS/c21-10-11-1-3-13(4-2-11)23-19(26)18-16(22)14-9-15-17(24-20(14)27-18)12-5-7-25(15)8-6-12/h1-4,9,12H,5-8,22H2,(H,23,26). The minimum Gasteiger partial charge on any atom is -0.397 e. The van der Waals surface area contributed by atoms with Crippen molar-refractivity contribution in [3.05, 3.63) is 46.5 Å². The second-order valence-electron chi connectivity index (χ2n) is 6.99. The van der Waals surface area contributed by atoms with E-state index in [0.717, 1.165) is 41.8 Å². The number of hydrogen-bond donors (Lipinski definition) is 2. The van der Waals surface area contributed by atoms with Gasteiger partial charge in [-0.2, -0.15) is 5.26 Å². The molecule has 2 bridgehead atoms. The number of nitrogens with two attached hydrogens (primary N) is 1. The number of fused-ring (bicyclic) bond motifs is 3. The van der Waals surface area contributed by atoms with Crippen molar-refractivity contribution in [1.82, 2.24) is 4.98 Å². The van der Waals surface area contributed by atoms with Gasteiger partial charge in [-0.3, -0.25) is 4.79 Å². The molecule has 6 nitrogen and oxygen atoms in total. The molecule has 7 heteroatoms. The van der Waals surface area contributed by atoms with Gasteiger partial charge >= 0.3 is 0 Å². The Kier molecular flexibility index (Phi) is 3.55. The average molecular weight is 375 g/mol. The Morgan fingerprint density at radius 2 is 2.04 bits per heavy atom. The van der Waals surface area contributed by atoms with Crippen LogP contribution in [0.1, 0.15) is 39.7 Å². The van der Waals surface area contributed by atoms with Crippen LogP contribution in [0, 0.1) is 11.3 Å². The van der Waals surface area contributed by atoms with Gasteiger partial charge in [-0.05, 0) is 43.2 Å². The molecule has 3 aliphatic heterocycles. The van der Waals surface area contributed by atoms with Gasteiger partial charge in [-0.15, -0.1) is 11.3 Å². The third-order valence-corrected chi connectivity index (χ3v) is 6.54. The fourth-order valence-electron chi connectivity index (χ4n) is 3.98. The Hall–Kier alpha value is -3.11. The number of nitrogens with zero attached hydrogens (tertiary/aromatic N) is 3. The summed E-state index contributed by atoms with van der Waals surface area (Å²) in [5.74, 6) is 0.273. The zero-order chi connectivity index (χ0) is 18.5. The summed E-state index contributed by atoms with van der Waals surface area (Å²) in [4.78, 5) is 21.3. The van der Waals surface area contributed by atoms with Crippen LogP contribution in [0.3, 0.4) is 0 Å². The molecular weight excluding hydrogens is 358 g/mol. The molecule has 27 heavy (non-hydrogen) atoms. The number of carbonyl (C=O) groups excluding carboxylic acids is 1. The highest BCUT2D eigenvalue weighted by atomic mass is 32.1. The molecule has 0 atom stereocenters. The van der Waals surface area contributed by atoms with Crippen LogP contribution in [0.2, 0.25) is 0 Å². The van der Waals surface area contributed by atoms with Gasteiger partial charge in [0.25, 0.3) is 5.91 Å². The highest BCUT2D eigenvalue weighted by molar-refractivity contribution is 7.21. The third-order valence-electron chi connectivity index (χ3n) is 5.43. The molecular formula is C20H17N5OS. The summed E-state index contributed by atoms with van der Waals surface area (Å²) in [6.07, 6.45) is 2.30. The topological polar surface area (TPSA) is 95.0 Å². The lowest BCUT2D eigenvalue weighted by molar-refractivity contribution is 0.103. The van der Waals surface area contributed by atoms with E-state index in [1.807, 2.05) is 0 Å². The number of benzene rings is 1. The van der Waals surface area contributed by atoms with Crippen molar-refractivity contribution >= 4 is 44.5 Å². The van der Waals surface area contributed by atoms with Crippen molar-refractivity contribution < 1.29 is 4.79 Å². The maximum absolute atomic E-state index is 12.7. The molecule has 0 saturated carbocycles. The number of carbonyl (C=O) groups is 1. The summed E-state index contributed by atoms with van der Waals surface area (Å²) >= 11 is 1.34. The lowest BCUT2D eigenvalue weighted by Crippen LogP contribution is -2.39. The summed E-state index contributed by atoms with van der Waals surface area (Å²) < 4.78 is 0. The highest BCUT2D eigenvalue weighted by Gasteiger charge is 2.33. The van der Waals surface area contributed by atoms with Crippen LogP contribution in [-0.2, 0) is 0 Å². The van der Waals surface area contributed by atoms with Crippen LogP contribution >= 0.6 is 11.3 Å². The van der Waals surface area contributed by atoms with Gasteiger partial charge in [0.1, 0.15) is 9.71 Å². The lowest BCUT2D eigenvalue weighted by Gasteiger charge is -2.41.